The Kier molecular flexibility index (Phi) is 3.62. The van der Waals surface area contributed by atoms with Crippen molar-refractivity contribution in [2.45, 2.75) is 12.8 Å². The lowest BCUT2D eigenvalue weighted by Crippen LogP contribution is -2.22. The lowest BCUT2D eigenvalue weighted by Gasteiger charge is -2.21. The number of rotatable bonds is 4. The Morgan fingerprint density at radius 2 is 2.29 bits per heavy atom. The monoisotopic (exact) mass is 320 g/mol. The van der Waals surface area contributed by atoms with E-state index >= 15 is 0 Å². The fourth-order valence-electron chi connectivity index (χ4n) is 2.50. The molecule has 3 aromatic rings. The van der Waals surface area contributed by atoms with E-state index in [-0.39, 0.29) is 0 Å². The van der Waals surface area contributed by atoms with Crippen molar-refractivity contribution in [3.05, 3.63) is 23.7 Å². The van der Waals surface area contributed by atoms with Crippen LogP contribution in [0.3, 0.4) is 0 Å². The summed E-state index contributed by atoms with van der Waals surface area (Å²) in [6.45, 7) is 2.74. The number of hydrogen-bond donors (Lipinski definition) is 1. The molecular formula is C14H16N4OS2. The van der Waals surface area contributed by atoms with Crippen LogP contribution in [0, 0.1) is 5.92 Å². The lowest BCUT2D eigenvalue weighted by molar-refractivity contribution is 0.0699. The first kappa shape index (κ1) is 13.2. The summed E-state index contributed by atoms with van der Waals surface area (Å²) in [5, 5.41) is 11.0. The number of imidazole rings is 1. The molecule has 0 radical (unpaired) electrons. The molecule has 0 unspecified atom stereocenters. The summed E-state index contributed by atoms with van der Waals surface area (Å²) >= 11 is 3.31. The maximum absolute atomic E-state index is 5.38. The predicted octanol–water partition coefficient (Wildman–Crippen LogP) is 3.36. The van der Waals surface area contributed by atoms with Crippen LogP contribution in [0.5, 0.6) is 0 Å². The molecule has 1 fully saturated rings. The van der Waals surface area contributed by atoms with Crippen molar-refractivity contribution in [2.75, 3.05) is 25.1 Å². The van der Waals surface area contributed by atoms with Crippen LogP contribution in [0.15, 0.2) is 23.7 Å². The van der Waals surface area contributed by atoms with E-state index < -0.39 is 0 Å². The van der Waals surface area contributed by atoms with E-state index in [0.29, 0.717) is 5.92 Å². The first-order chi connectivity index (χ1) is 10.4. The van der Waals surface area contributed by atoms with E-state index in [4.69, 9.17) is 4.74 Å². The average molecular weight is 320 g/mol. The summed E-state index contributed by atoms with van der Waals surface area (Å²) in [6.07, 6.45) is 4.27. The van der Waals surface area contributed by atoms with Crippen LogP contribution in [0.1, 0.15) is 12.8 Å². The van der Waals surface area contributed by atoms with Gasteiger partial charge in [-0.15, -0.1) is 16.4 Å². The second kappa shape index (κ2) is 5.75. The van der Waals surface area contributed by atoms with Crippen molar-refractivity contribution in [3.63, 3.8) is 0 Å². The molecule has 0 aliphatic carbocycles. The molecule has 0 spiro atoms. The molecule has 4 heterocycles. The standard InChI is InChI=1S/C14H16N4OS2/c1-2-12(20-7-1)11-9-18-14(16-11)21-13(17-18)15-8-10-3-5-19-6-4-10/h1-2,7,9-10H,3-6,8H2,(H,15,17). The van der Waals surface area contributed by atoms with Gasteiger partial charge in [0.1, 0.15) is 5.69 Å². The number of anilines is 1. The topological polar surface area (TPSA) is 51.5 Å². The first-order valence-electron chi connectivity index (χ1n) is 7.10. The first-order valence-corrected chi connectivity index (χ1v) is 8.80. The average Bonchev–Trinajstić information content (AvgIpc) is 3.21. The minimum absolute atomic E-state index is 0.691. The van der Waals surface area contributed by atoms with Gasteiger partial charge in [-0.25, -0.2) is 9.50 Å². The largest absolute Gasteiger partial charge is 0.381 e. The Balaban J connectivity index is 1.46. The Hall–Kier alpha value is -1.44. The lowest BCUT2D eigenvalue weighted by atomic mass is 10.0. The Morgan fingerprint density at radius 3 is 3.05 bits per heavy atom. The smallest absolute Gasteiger partial charge is 0.214 e. The summed E-state index contributed by atoms with van der Waals surface area (Å²) in [4.78, 5) is 6.76. The van der Waals surface area contributed by atoms with E-state index in [9.17, 15) is 0 Å². The highest BCUT2D eigenvalue weighted by Crippen LogP contribution is 2.27. The molecule has 1 aliphatic rings. The Morgan fingerprint density at radius 1 is 1.38 bits per heavy atom. The SMILES string of the molecule is c1csc(-c2cn3nc(NCC4CCOCC4)sc3n2)c1. The molecule has 0 aromatic carbocycles. The van der Waals surface area contributed by atoms with Gasteiger partial charge in [-0.05, 0) is 30.2 Å². The van der Waals surface area contributed by atoms with Crippen LogP contribution in [-0.4, -0.2) is 34.4 Å². The minimum atomic E-state index is 0.691. The Labute approximate surface area is 130 Å². The third-order valence-corrected chi connectivity index (χ3v) is 5.47. The Bertz CT molecular complexity index is 681. The minimum Gasteiger partial charge on any atom is -0.381 e. The second-order valence-corrected chi connectivity index (χ2v) is 7.08. The van der Waals surface area contributed by atoms with Crippen molar-refractivity contribution < 1.29 is 4.74 Å². The quantitative estimate of drug-likeness (QED) is 0.801. The highest BCUT2D eigenvalue weighted by atomic mass is 32.1. The van der Waals surface area contributed by atoms with Gasteiger partial charge in [0.15, 0.2) is 0 Å². The molecule has 21 heavy (non-hydrogen) atoms. The second-order valence-electron chi connectivity index (χ2n) is 5.17. The number of nitrogens with zero attached hydrogens (tertiary/aromatic N) is 3. The highest BCUT2D eigenvalue weighted by Gasteiger charge is 2.15. The maximum Gasteiger partial charge on any atom is 0.214 e. The van der Waals surface area contributed by atoms with Crippen LogP contribution < -0.4 is 5.32 Å². The molecule has 0 saturated carbocycles. The maximum atomic E-state index is 5.38. The zero-order valence-corrected chi connectivity index (χ0v) is 13.1. The zero-order chi connectivity index (χ0) is 14.1. The van der Waals surface area contributed by atoms with Gasteiger partial charge in [0.25, 0.3) is 0 Å². The zero-order valence-electron chi connectivity index (χ0n) is 11.5. The van der Waals surface area contributed by atoms with Crippen molar-refractivity contribution in [2.24, 2.45) is 5.92 Å². The van der Waals surface area contributed by atoms with E-state index in [2.05, 4.69) is 26.8 Å². The number of thiophene rings is 1. The van der Waals surface area contributed by atoms with Crippen molar-refractivity contribution in [3.8, 4) is 10.6 Å². The van der Waals surface area contributed by atoms with Crippen LogP contribution in [-0.2, 0) is 4.74 Å². The van der Waals surface area contributed by atoms with Gasteiger partial charge in [-0.2, -0.15) is 0 Å². The van der Waals surface area contributed by atoms with E-state index in [1.54, 1.807) is 22.7 Å². The van der Waals surface area contributed by atoms with Crippen LogP contribution in [0.4, 0.5) is 5.13 Å². The van der Waals surface area contributed by atoms with E-state index in [1.165, 1.54) is 4.88 Å². The molecule has 4 rings (SSSR count). The van der Waals surface area contributed by atoms with Gasteiger partial charge in [-0.1, -0.05) is 17.4 Å². The van der Waals surface area contributed by atoms with Gasteiger partial charge >= 0.3 is 0 Å². The molecule has 1 aliphatic heterocycles. The molecule has 5 nitrogen and oxygen atoms in total. The van der Waals surface area contributed by atoms with Crippen LogP contribution in [0.25, 0.3) is 15.5 Å². The predicted molar refractivity (Wildman–Crippen MR) is 86.2 cm³/mol. The summed E-state index contributed by atoms with van der Waals surface area (Å²) < 4.78 is 7.25. The van der Waals surface area contributed by atoms with Crippen molar-refractivity contribution in [1.82, 2.24) is 14.6 Å². The van der Waals surface area contributed by atoms with E-state index in [0.717, 1.165) is 48.4 Å². The molecule has 0 bridgehead atoms. The number of aromatic nitrogens is 3. The molecule has 110 valence electrons. The summed E-state index contributed by atoms with van der Waals surface area (Å²) in [5.41, 5.74) is 1.000. The van der Waals surface area contributed by atoms with Crippen LogP contribution in [0.2, 0.25) is 0 Å². The third-order valence-electron chi connectivity index (χ3n) is 3.70. The van der Waals surface area contributed by atoms with Crippen molar-refractivity contribution >= 4 is 32.8 Å². The third kappa shape index (κ3) is 2.81. The van der Waals surface area contributed by atoms with Gasteiger partial charge in [-0.3, -0.25) is 0 Å². The summed E-state index contributed by atoms with van der Waals surface area (Å²) in [7, 11) is 0. The number of ether oxygens (including phenoxy) is 1. The van der Waals surface area contributed by atoms with Crippen LogP contribution >= 0.6 is 22.7 Å². The fraction of sp³-hybridized carbons (Fsp3) is 0.429. The number of fused-ring (bicyclic) bond motifs is 1. The number of nitrogens with one attached hydrogen (secondary N) is 1. The van der Waals surface area contributed by atoms with Gasteiger partial charge < -0.3 is 10.1 Å². The molecule has 7 heteroatoms. The summed E-state index contributed by atoms with van der Waals surface area (Å²) in [5.74, 6) is 0.691. The molecule has 3 aromatic heterocycles. The number of hydrogen-bond acceptors (Lipinski definition) is 6. The van der Waals surface area contributed by atoms with Gasteiger partial charge in [0.2, 0.25) is 10.1 Å². The highest BCUT2D eigenvalue weighted by molar-refractivity contribution is 7.20. The molecule has 1 N–H and O–H groups in total. The van der Waals surface area contributed by atoms with Gasteiger partial charge in [0, 0.05) is 19.8 Å². The fourth-order valence-corrected chi connectivity index (χ4v) is 3.97. The molecule has 0 atom stereocenters. The molecule has 1 saturated heterocycles. The summed E-state index contributed by atoms with van der Waals surface area (Å²) in [6, 6.07) is 4.13. The molecule has 0 amide bonds. The van der Waals surface area contributed by atoms with Crippen molar-refractivity contribution in [1.29, 1.82) is 0 Å². The van der Waals surface area contributed by atoms with Gasteiger partial charge in [0.05, 0.1) is 11.1 Å². The van der Waals surface area contributed by atoms with E-state index in [1.807, 2.05) is 16.8 Å². The molecular weight excluding hydrogens is 304 g/mol. The normalized spacial score (nSPS) is 16.6.